The lowest BCUT2D eigenvalue weighted by Gasteiger charge is -2.32. The molecule has 0 amide bonds. The molecule has 0 radical (unpaired) electrons. The predicted molar refractivity (Wildman–Crippen MR) is 113 cm³/mol. The molecule has 1 aromatic carbocycles. The quantitative estimate of drug-likeness (QED) is 0.282. The van der Waals surface area contributed by atoms with Gasteiger partial charge in [0.2, 0.25) is 0 Å². The van der Waals surface area contributed by atoms with Crippen molar-refractivity contribution in [1.82, 2.24) is 0 Å². The summed E-state index contributed by atoms with van der Waals surface area (Å²) >= 11 is 1.53. The van der Waals surface area contributed by atoms with Gasteiger partial charge in [-0.25, -0.2) is 4.79 Å². The molecule has 2 unspecified atom stereocenters. The van der Waals surface area contributed by atoms with Gasteiger partial charge in [-0.15, -0.1) is 0 Å². The van der Waals surface area contributed by atoms with Gasteiger partial charge in [0.1, 0.15) is 5.78 Å². The first kappa shape index (κ1) is 22.8. The Hall–Kier alpha value is -2.52. The molecule has 2 N–H and O–H groups in total. The zero-order valence-corrected chi connectivity index (χ0v) is 17.5. The largest absolute Gasteiger partial charge is 0.463 e. The van der Waals surface area contributed by atoms with Crippen LogP contribution in [0.1, 0.15) is 32.3 Å². The van der Waals surface area contributed by atoms with Crippen LogP contribution in [0.3, 0.4) is 0 Å². The van der Waals surface area contributed by atoms with Crippen LogP contribution in [0.25, 0.3) is 0 Å². The van der Waals surface area contributed by atoms with Crippen LogP contribution in [0.4, 0.5) is 5.69 Å². The van der Waals surface area contributed by atoms with Crippen LogP contribution in [0.15, 0.2) is 40.5 Å². The first-order valence-electron chi connectivity index (χ1n) is 9.29. The second-order valence-electron chi connectivity index (χ2n) is 6.59. The Kier molecular flexibility index (Phi) is 8.10. The minimum absolute atomic E-state index is 0.104. The lowest BCUT2D eigenvalue weighted by Crippen LogP contribution is -2.35. The van der Waals surface area contributed by atoms with Crippen LogP contribution < -0.4 is 5.73 Å². The molecule has 0 saturated heterocycles. The maximum absolute atomic E-state index is 12.9. The second kappa shape index (κ2) is 10.3. The van der Waals surface area contributed by atoms with Crippen molar-refractivity contribution in [2.24, 2.45) is 16.6 Å². The van der Waals surface area contributed by atoms with Crippen molar-refractivity contribution in [3.05, 3.63) is 51.2 Å². The van der Waals surface area contributed by atoms with E-state index in [0.717, 1.165) is 0 Å². The molecule has 0 aliphatic carbocycles. The number of thioether (sulfide) groups is 1. The summed E-state index contributed by atoms with van der Waals surface area (Å²) in [6, 6.07) is 6.03. The van der Waals surface area contributed by atoms with Gasteiger partial charge in [0.25, 0.3) is 5.69 Å². The number of hydrogen-bond donors (Lipinski definition) is 1. The highest BCUT2D eigenvalue weighted by Gasteiger charge is 2.41. The molecule has 0 aromatic heterocycles. The number of non-ortho nitro benzene ring substituents is 1. The number of ketones is 1. The molecule has 2 rings (SSSR count). The molecule has 1 aromatic rings. The fourth-order valence-corrected chi connectivity index (χ4v) is 4.19. The van der Waals surface area contributed by atoms with Gasteiger partial charge in [0, 0.05) is 41.8 Å². The van der Waals surface area contributed by atoms with Crippen LogP contribution >= 0.6 is 11.8 Å². The van der Waals surface area contributed by atoms with Gasteiger partial charge < -0.3 is 10.5 Å². The molecule has 9 heteroatoms. The van der Waals surface area contributed by atoms with Gasteiger partial charge in [0.15, 0.2) is 0 Å². The lowest BCUT2D eigenvalue weighted by molar-refractivity contribution is -0.384. The van der Waals surface area contributed by atoms with E-state index >= 15 is 0 Å². The zero-order chi connectivity index (χ0) is 21.6. The number of ether oxygens (including phenoxy) is 1. The number of aliphatic imine (C=N–C) groups is 1. The van der Waals surface area contributed by atoms with Crippen molar-refractivity contribution in [3.63, 3.8) is 0 Å². The lowest BCUT2D eigenvalue weighted by atomic mass is 9.74. The van der Waals surface area contributed by atoms with E-state index in [9.17, 15) is 19.7 Å². The summed E-state index contributed by atoms with van der Waals surface area (Å²) in [6.45, 7) is 5.53. The van der Waals surface area contributed by atoms with E-state index in [-0.39, 0.29) is 23.7 Å². The van der Waals surface area contributed by atoms with Crippen LogP contribution in [0, 0.1) is 16.0 Å². The Labute approximate surface area is 173 Å². The predicted octanol–water partition coefficient (Wildman–Crippen LogP) is 2.87. The number of rotatable bonds is 9. The standard InChI is InChI=1S/C20H25N3O5S/c1-4-28-20(25)19-16(11-29-9-8-21)22-12(2)17(13(3)24)18(19)14-6-5-7-15(10-14)23(26)27/h5-7,10,17-18H,4,8-9,11,21H2,1-3H3. The van der Waals surface area contributed by atoms with Gasteiger partial charge in [-0.2, -0.15) is 11.8 Å². The SMILES string of the molecule is CCOC(=O)C1=C(CSCCN)N=C(C)C(C(C)=O)C1c1cccc([N+](=O)[O-])c1. The summed E-state index contributed by atoms with van der Waals surface area (Å²) in [5, 5.41) is 11.3. The molecule has 2 atom stereocenters. The number of nitrogens with two attached hydrogens (primary N) is 1. The molecule has 0 bridgehead atoms. The zero-order valence-electron chi connectivity index (χ0n) is 16.7. The fourth-order valence-electron chi connectivity index (χ4n) is 3.47. The van der Waals surface area contributed by atoms with E-state index in [1.165, 1.54) is 30.8 Å². The number of esters is 1. The van der Waals surface area contributed by atoms with Crippen LogP contribution in [0.2, 0.25) is 0 Å². The molecule has 1 aliphatic heterocycles. The minimum atomic E-state index is -0.697. The van der Waals surface area contributed by atoms with Crippen molar-refractivity contribution in [1.29, 1.82) is 0 Å². The van der Waals surface area contributed by atoms with Gasteiger partial charge in [-0.05, 0) is 26.3 Å². The fraction of sp³-hybridized carbons (Fsp3) is 0.450. The average Bonchev–Trinajstić information content (AvgIpc) is 2.67. The topological polar surface area (TPSA) is 125 Å². The number of nitro benzene ring substituents is 1. The molecule has 156 valence electrons. The Bertz CT molecular complexity index is 865. The molecule has 0 fully saturated rings. The number of carbonyl (C=O) groups is 2. The van der Waals surface area contributed by atoms with E-state index in [1.54, 1.807) is 26.0 Å². The third kappa shape index (κ3) is 5.30. The average molecular weight is 420 g/mol. The number of hydrogen-bond acceptors (Lipinski definition) is 8. The third-order valence-electron chi connectivity index (χ3n) is 4.59. The summed E-state index contributed by atoms with van der Waals surface area (Å²) in [5.74, 6) is -1.00. The van der Waals surface area contributed by atoms with Gasteiger partial charge >= 0.3 is 5.97 Å². The monoisotopic (exact) mass is 419 g/mol. The molecular formula is C20H25N3O5S. The van der Waals surface area contributed by atoms with Crippen LogP contribution in [-0.4, -0.2) is 47.0 Å². The number of nitrogens with zero attached hydrogens (tertiary/aromatic N) is 2. The number of benzene rings is 1. The van der Waals surface area contributed by atoms with Crippen LogP contribution in [-0.2, 0) is 14.3 Å². The highest BCUT2D eigenvalue weighted by molar-refractivity contribution is 7.99. The van der Waals surface area contributed by atoms with E-state index in [4.69, 9.17) is 10.5 Å². The van der Waals surface area contributed by atoms with Crippen molar-refractivity contribution >= 4 is 34.9 Å². The molecule has 0 saturated carbocycles. The Morgan fingerprint density at radius 2 is 2.10 bits per heavy atom. The van der Waals surface area contributed by atoms with E-state index in [0.29, 0.717) is 35.0 Å². The summed E-state index contributed by atoms with van der Waals surface area (Å²) in [6.07, 6.45) is 0. The smallest absolute Gasteiger partial charge is 0.336 e. The summed E-state index contributed by atoms with van der Waals surface area (Å²) < 4.78 is 5.27. The highest BCUT2D eigenvalue weighted by Crippen LogP contribution is 2.41. The van der Waals surface area contributed by atoms with Crippen molar-refractivity contribution in [3.8, 4) is 0 Å². The molecule has 0 spiro atoms. The molecule has 1 aliphatic rings. The Balaban J connectivity index is 2.68. The summed E-state index contributed by atoms with van der Waals surface area (Å²) in [7, 11) is 0. The summed E-state index contributed by atoms with van der Waals surface area (Å²) in [5.41, 5.74) is 7.35. The first-order valence-corrected chi connectivity index (χ1v) is 10.4. The normalized spacial score (nSPS) is 19.0. The molecular weight excluding hydrogens is 394 g/mol. The maximum Gasteiger partial charge on any atom is 0.336 e. The maximum atomic E-state index is 12.9. The van der Waals surface area contributed by atoms with Crippen molar-refractivity contribution < 1.29 is 19.2 Å². The third-order valence-corrected chi connectivity index (χ3v) is 5.59. The van der Waals surface area contributed by atoms with E-state index in [2.05, 4.69) is 4.99 Å². The number of nitro groups is 1. The minimum Gasteiger partial charge on any atom is -0.463 e. The Morgan fingerprint density at radius 1 is 1.38 bits per heavy atom. The highest BCUT2D eigenvalue weighted by atomic mass is 32.2. The van der Waals surface area contributed by atoms with Crippen LogP contribution in [0.5, 0.6) is 0 Å². The van der Waals surface area contributed by atoms with Gasteiger partial charge in [-0.3, -0.25) is 19.9 Å². The van der Waals surface area contributed by atoms with E-state index in [1.807, 2.05) is 0 Å². The molecule has 8 nitrogen and oxygen atoms in total. The van der Waals surface area contributed by atoms with Gasteiger partial charge in [-0.1, -0.05) is 12.1 Å². The summed E-state index contributed by atoms with van der Waals surface area (Å²) in [4.78, 5) is 40.7. The van der Waals surface area contributed by atoms with Gasteiger partial charge in [0.05, 0.1) is 28.7 Å². The molecule has 1 heterocycles. The first-order chi connectivity index (χ1) is 13.8. The number of Topliss-reactive ketones (excluding diaryl/α,β-unsaturated/α-hetero) is 1. The van der Waals surface area contributed by atoms with Crippen molar-refractivity contribution in [2.75, 3.05) is 24.7 Å². The van der Waals surface area contributed by atoms with E-state index < -0.39 is 22.7 Å². The number of carbonyl (C=O) groups excluding carboxylic acids is 2. The van der Waals surface area contributed by atoms with Crippen molar-refractivity contribution in [2.45, 2.75) is 26.7 Å². The molecule has 29 heavy (non-hydrogen) atoms. The Morgan fingerprint density at radius 3 is 2.69 bits per heavy atom. The second-order valence-corrected chi connectivity index (χ2v) is 7.70.